The molecule has 4 heterocycles. The molecule has 0 aliphatic carbocycles. The van der Waals surface area contributed by atoms with Crippen LogP contribution in [0.1, 0.15) is 37.2 Å². The van der Waals surface area contributed by atoms with Crippen molar-refractivity contribution >= 4 is 27.2 Å². The minimum atomic E-state index is -3.51. The molecule has 0 spiro atoms. The van der Waals surface area contributed by atoms with Crippen LogP contribution in [0, 0.1) is 0 Å². The molecular weight excluding hydrogens is 512 g/mol. The zero-order chi connectivity index (χ0) is 26.8. The molecule has 0 atom stereocenters. The zero-order valence-electron chi connectivity index (χ0n) is 21.9. The Hall–Kier alpha value is -3.31. The Balaban J connectivity index is 1.20. The number of aromatic nitrogens is 3. The highest BCUT2D eigenvalue weighted by Gasteiger charge is 2.27. The summed E-state index contributed by atoms with van der Waals surface area (Å²) in [6.07, 6.45) is 5.77. The summed E-state index contributed by atoms with van der Waals surface area (Å²) in [5, 5.41) is 17.2. The van der Waals surface area contributed by atoms with Gasteiger partial charge >= 0.3 is 0 Å². The fraction of sp³-hybridized carbons (Fsp3) is 0.379. The minimum Gasteiger partial charge on any atom is -0.395 e. The van der Waals surface area contributed by atoms with Crippen LogP contribution in [0.3, 0.4) is 0 Å². The number of hydrogen-bond acceptors (Lipinski definition) is 7. The van der Waals surface area contributed by atoms with Crippen molar-refractivity contribution in [2.45, 2.75) is 36.5 Å². The zero-order valence-corrected chi connectivity index (χ0v) is 22.7. The van der Waals surface area contributed by atoms with E-state index in [9.17, 15) is 8.42 Å². The normalized spacial score (nSPS) is 17.7. The lowest BCUT2D eigenvalue weighted by atomic mass is 9.89. The molecule has 10 heteroatoms. The standard InChI is InChI=1S/C29H34N6O3S/c36-19-18-33-16-12-23(13-17-33)22-6-8-25(9-7-22)31-29-30-21-26-10-11-28(35(26)32-29)24-4-3-5-27(20-24)39(37,38)34-14-1-2-15-34/h3-11,20-21,23,36H,1-2,12-19H2,(H,31,32). The van der Waals surface area contributed by atoms with Crippen LogP contribution < -0.4 is 5.32 Å². The Morgan fingerprint density at radius 2 is 1.72 bits per heavy atom. The van der Waals surface area contributed by atoms with Gasteiger partial charge in [-0.1, -0.05) is 24.3 Å². The van der Waals surface area contributed by atoms with E-state index < -0.39 is 10.0 Å². The highest BCUT2D eigenvalue weighted by molar-refractivity contribution is 7.89. The Morgan fingerprint density at radius 1 is 0.949 bits per heavy atom. The third-order valence-electron chi connectivity index (χ3n) is 7.87. The first-order chi connectivity index (χ1) is 19.0. The van der Waals surface area contributed by atoms with Gasteiger partial charge in [0.1, 0.15) is 0 Å². The highest BCUT2D eigenvalue weighted by atomic mass is 32.2. The fourth-order valence-corrected chi connectivity index (χ4v) is 7.23. The molecule has 0 radical (unpaired) electrons. The number of anilines is 2. The van der Waals surface area contributed by atoms with Crippen LogP contribution in [0.5, 0.6) is 0 Å². The largest absolute Gasteiger partial charge is 0.395 e. The SMILES string of the molecule is O=S(=O)(c1cccc(-c2ccc3cnc(Nc4ccc(C5CCN(CCO)CC5)cc4)nn23)c1)N1CCCC1. The van der Waals surface area contributed by atoms with Crippen LogP contribution >= 0.6 is 0 Å². The molecule has 2 saturated heterocycles. The summed E-state index contributed by atoms with van der Waals surface area (Å²) in [6, 6.07) is 19.4. The molecule has 204 valence electrons. The number of aliphatic hydroxyl groups excluding tert-OH is 1. The summed E-state index contributed by atoms with van der Waals surface area (Å²) >= 11 is 0. The van der Waals surface area contributed by atoms with E-state index in [4.69, 9.17) is 10.2 Å². The lowest BCUT2D eigenvalue weighted by Gasteiger charge is -2.31. The average molecular weight is 547 g/mol. The predicted octanol–water partition coefficient (Wildman–Crippen LogP) is 4.10. The van der Waals surface area contributed by atoms with E-state index in [1.165, 1.54) is 5.56 Å². The molecule has 2 aliphatic heterocycles. The molecular formula is C29H34N6O3S. The summed E-state index contributed by atoms with van der Waals surface area (Å²) in [5.74, 6) is 1.000. The van der Waals surface area contributed by atoms with Gasteiger partial charge in [-0.15, -0.1) is 5.10 Å². The van der Waals surface area contributed by atoms with E-state index in [1.54, 1.807) is 33.2 Å². The van der Waals surface area contributed by atoms with Crippen LogP contribution in [-0.4, -0.2) is 76.7 Å². The average Bonchev–Trinajstić information content (AvgIpc) is 3.65. The monoisotopic (exact) mass is 546 g/mol. The van der Waals surface area contributed by atoms with Gasteiger partial charge in [0.2, 0.25) is 16.0 Å². The number of nitrogens with one attached hydrogen (secondary N) is 1. The Labute approximate surface area is 229 Å². The van der Waals surface area contributed by atoms with Crippen molar-refractivity contribution in [2.75, 3.05) is 44.6 Å². The van der Waals surface area contributed by atoms with Gasteiger partial charge in [-0.25, -0.2) is 17.9 Å². The van der Waals surface area contributed by atoms with E-state index in [2.05, 4.69) is 39.5 Å². The smallest absolute Gasteiger partial charge is 0.245 e. The van der Waals surface area contributed by atoms with Gasteiger partial charge in [0, 0.05) is 30.9 Å². The second-order valence-electron chi connectivity index (χ2n) is 10.4. The molecule has 2 aliphatic rings. The maximum absolute atomic E-state index is 13.1. The highest BCUT2D eigenvalue weighted by Crippen LogP contribution is 2.30. The molecule has 2 aromatic heterocycles. The quantitative estimate of drug-likeness (QED) is 0.343. The second-order valence-corrected chi connectivity index (χ2v) is 12.3. The topological polar surface area (TPSA) is 103 Å². The van der Waals surface area contributed by atoms with E-state index in [-0.39, 0.29) is 6.61 Å². The first kappa shape index (κ1) is 25.9. The third-order valence-corrected chi connectivity index (χ3v) is 9.77. The van der Waals surface area contributed by atoms with Crippen LogP contribution in [0.4, 0.5) is 11.6 Å². The number of likely N-dealkylation sites (tertiary alicyclic amines) is 1. The van der Waals surface area contributed by atoms with Crippen molar-refractivity contribution in [2.24, 2.45) is 0 Å². The van der Waals surface area contributed by atoms with Crippen LogP contribution in [0.15, 0.2) is 71.8 Å². The molecule has 0 amide bonds. The molecule has 9 nitrogen and oxygen atoms in total. The first-order valence-electron chi connectivity index (χ1n) is 13.7. The van der Waals surface area contributed by atoms with Gasteiger partial charge in [-0.2, -0.15) is 4.31 Å². The molecule has 6 rings (SSSR count). The van der Waals surface area contributed by atoms with E-state index in [1.807, 2.05) is 18.2 Å². The number of rotatable bonds is 8. The van der Waals surface area contributed by atoms with Gasteiger partial charge in [-0.05, 0) is 86.7 Å². The number of β-amino-alcohol motifs (C(OH)–C–C–N with tert-alkyl or cyclic N) is 1. The lowest BCUT2D eigenvalue weighted by molar-refractivity contribution is 0.164. The number of sulfonamides is 1. The molecule has 2 aromatic carbocycles. The molecule has 2 fully saturated rings. The van der Waals surface area contributed by atoms with Gasteiger partial charge in [0.05, 0.1) is 28.9 Å². The lowest BCUT2D eigenvalue weighted by Crippen LogP contribution is -2.34. The van der Waals surface area contributed by atoms with Crippen molar-refractivity contribution < 1.29 is 13.5 Å². The Bertz CT molecular complexity index is 1540. The second kappa shape index (κ2) is 11.1. The third kappa shape index (κ3) is 5.42. The van der Waals surface area contributed by atoms with E-state index >= 15 is 0 Å². The predicted molar refractivity (Wildman–Crippen MR) is 152 cm³/mol. The van der Waals surface area contributed by atoms with Gasteiger partial charge in [-0.3, -0.25) is 0 Å². The van der Waals surface area contributed by atoms with Crippen molar-refractivity contribution in [3.63, 3.8) is 0 Å². The Morgan fingerprint density at radius 3 is 2.46 bits per heavy atom. The van der Waals surface area contributed by atoms with E-state index in [0.29, 0.717) is 29.9 Å². The van der Waals surface area contributed by atoms with Gasteiger partial charge < -0.3 is 15.3 Å². The molecule has 39 heavy (non-hydrogen) atoms. The minimum absolute atomic E-state index is 0.219. The molecule has 4 aromatic rings. The van der Waals surface area contributed by atoms with Crippen molar-refractivity contribution in [3.05, 3.63) is 72.4 Å². The number of nitrogens with zero attached hydrogens (tertiary/aromatic N) is 5. The van der Waals surface area contributed by atoms with Crippen molar-refractivity contribution in [1.29, 1.82) is 0 Å². The van der Waals surface area contributed by atoms with Crippen molar-refractivity contribution in [1.82, 2.24) is 23.8 Å². The molecule has 0 bridgehead atoms. The first-order valence-corrected chi connectivity index (χ1v) is 15.1. The summed E-state index contributed by atoms with van der Waals surface area (Å²) < 4.78 is 29.6. The number of aliphatic hydroxyl groups is 1. The van der Waals surface area contributed by atoms with Crippen LogP contribution in [0.25, 0.3) is 16.8 Å². The number of benzene rings is 2. The number of fused-ring (bicyclic) bond motifs is 1. The molecule has 0 unspecified atom stereocenters. The van der Waals surface area contributed by atoms with Gasteiger partial charge in [0.15, 0.2) is 0 Å². The number of hydrogen-bond donors (Lipinski definition) is 2. The number of piperidine rings is 1. The maximum Gasteiger partial charge on any atom is 0.245 e. The summed E-state index contributed by atoms with van der Waals surface area (Å²) in [7, 11) is -3.51. The Kier molecular flexibility index (Phi) is 7.35. The summed E-state index contributed by atoms with van der Waals surface area (Å²) in [4.78, 5) is 7.11. The van der Waals surface area contributed by atoms with E-state index in [0.717, 1.165) is 67.8 Å². The van der Waals surface area contributed by atoms with Crippen molar-refractivity contribution in [3.8, 4) is 11.3 Å². The fourth-order valence-electron chi connectivity index (χ4n) is 5.67. The molecule has 0 saturated carbocycles. The van der Waals surface area contributed by atoms with Crippen LogP contribution in [-0.2, 0) is 10.0 Å². The molecule has 2 N–H and O–H groups in total. The maximum atomic E-state index is 13.1. The van der Waals surface area contributed by atoms with Crippen LogP contribution in [0.2, 0.25) is 0 Å². The summed E-state index contributed by atoms with van der Waals surface area (Å²) in [6.45, 7) is 4.17. The summed E-state index contributed by atoms with van der Waals surface area (Å²) in [5.41, 5.74) is 4.65. The van der Waals surface area contributed by atoms with Gasteiger partial charge in [0.25, 0.3) is 0 Å².